The first-order valence-corrected chi connectivity index (χ1v) is 4.00. The molecular formula is C9H18N2. The lowest BCUT2D eigenvalue weighted by Crippen LogP contribution is -2.10. The van der Waals surface area contributed by atoms with Crippen LogP contribution in [-0.2, 0) is 0 Å². The Bertz CT molecular complexity index is 166. The lowest BCUT2D eigenvalue weighted by molar-refractivity contribution is 0.755. The smallest absolute Gasteiger partial charge is 0.0356 e. The van der Waals surface area contributed by atoms with Crippen LogP contribution in [0.2, 0.25) is 0 Å². The maximum atomic E-state index is 7.51. The van der Waals surface area contributed by atoms with Crippen LogP contribution in [0.4, 0.5) is 0 Å². The first-order chi connectivity index (χ1) is 4.95. The number of hydrogen-bond acceptors (Lipinski definition) is 2. The lowest BCUT2D eigenvalue weighted by atomic mass is 10.0. The van der Waals surface area contributed by atoms with E-state index in [1.165, 1.54) is 0 Å². The molecule has 0 amide bonds. The molecule has 0 unspecified atom stereocenters. The molecule has 0 saturated carbocycles. The van der Waals surface area contributed by atoms with Gasteiger partial charge in [0.15, 0.2) is 0 Å². The van der Waals surface area contributed by atoms with E-state index in [0.29, 0.717) is 11.6 Å². The first kappa shape index (κ1) is 10.2. The number of nitrogens with one attached hydrogen (secondary N) is 1. The quantitative estimate of drug-likeness (QED) is 0.601. The molecule has 0 radical (unpaired) electrons. The maximum absolute atomic E-state index is 7.51. The average molecular weight is 154 g/mol. The molecule has 0 fully saturated rings. The fourth-order valence-corrected chi connectivity index (χ4v) is 0.513. The number of allylic oxidation sites excluding steroid dienone is 2. The van der Waals surface area contributed by atoms with Crippen LogP contribution in [0.15, 0.2) is 11.8 Å². The van der Waals surface area contributed by atoms with Gasteiger partial charge < -0.3 is 11.1 Å². The fourth-order valence-electron chi connectivity index (χ4n) is 0.513. The molecule has 0 aromatic heterocycles. The van der Waals surface area contributed by atoms with Gasteiger partial charge >= 0.3 is 0 Å². The van der Waals surface area contributed by atoms with Crippen LogP contribution in [0.25, 0.3) is 0 Å². The van der Waals surface area contributed by atoms with Gasteiger partial charge in [-0.15, -0.1) is 0 Å². The molecule has 64 valence electrons. The molecule has 0 heterocycles. The predicted octanol–water partition coefficient (Wildman–Crippen LogP) is 2.16. The van der Waals surface area contributed by atoms with Crippen LogP contribution in [-0.4, -0.2) is 5.71 Å². The van der Waals surface area contributed by atoms with E-state index in [1.807, 2.05) is 27.7 Å². The van der Waals surface area contributed by atoms with Gasteiger partial charge in [0, 0.05) is 11.4 Å². The Morgan fingerprint density at radius 3 is 1.91 bits per heavy atom. The van der Waals surface area contributed by atoms with Crippen molar-refractivity contribution in [3.05, 3.63) is 11.8 Å². The van der Waals surface area contributed by atoms with Crippen LogP contribution < -0.4 is 5.73 Å². The highest BCUT2D eigenvalue weighted by molar-refractivity contribution is 5.94. The largest absolute Gasteiger partial charge is 0.402 e. The standard InChI is InChI=1S/C9H18N2/c1-6(2)8(10)5-9(11)7(3)4/h5-7,10H,11H2,1-4H3/b9-5-,10-8?. The molecule has 2 heteroatoms. The van der Waals surface area contributed by atoms with Crippen molar-refractivity contribution in [1.82, 2.24) is 0 Å². The summed E-state index contributed by atoms with van der Waals surface area (Å²) in [6.45, 7) is 8.04. The van der Waals surface area contributed by atoms with E-state index >= 15 is 0 Å². The molecule has 0 atom stereocenters. The van der Waals surface area contributed by atoms with E-state index in [2.05, 4.69) is 0 Å². The van der Waals surface area contributed by atoms with E-state index in [9.17, 15) is 0 Å². The maximum Gasteiger partial charge on any atom is 0.0356 e. The van der Waals surface area contributed by atoms with Gasteiger partial charge in [0.1, 0.15) is 0 Å². The Kier molecular flexibility index (Phi) is 3.86. The van der Waals surface area contributed by atoms with Gasteiger partial charge in [-0.1, -0.05) is 27.7 Å². The van der Waals surface area contributed by atoms with Crippen molar-refractivity contribution < 1.29 is 0 Å². The zero-order chi connectivity index (χ0) is 9.02. The Hall–Kier alpha value is -0.790. The first-order valence-electron chi connectivity index (χ1n) is 4.00. The summed E-state index contributed by atoms with van der Waals surface area (Å²) >= 11 is 0. The van der Waals surface area contributed by atoms with Crippen molar-refractivity contribution in [2.24, 2.45) is 17.6 Å². The SMILES string of the molecule is CC(C)C(=N)/C=C(\N)C(C)C. The summed E-state index contributed by atoms with van der Waals surface area (Å²) in [5, 5.41) is 7.51. The molecule has 0 bridgehead atoms. The third-order valence-electron chi connectivity index (χ3n) is 1.61. The lowest BCUT2D eigenvalue weighted by Gasteiger charge is -2.07. The van der Waals surface area contributed by atoms with Crippen LogP contribution in [0.1, 0.15) is 27.7 Å². The van der Waals surface area contributed by atoms with E-state index < -0.39 is 0 Å². The molecule has 11 heavy (non-hydrogen) atoms. The van der Waals surface area contributed by atoms with Gasteiger partial charge in [-0.2, -0.15) is 0 Å². The molecule has 0 aliphatic rings. The zero-order valence-electron chi connectivity index (χ0n) is 7.81. The van der Waals surface area contributed by atoms with Crippen molar-refractivity contribution in [3.8, 4) is 0 Å². The van der Waals surface area contributed by atoms with Gasteiger partial charge in [-0.05, 0) is 17.9 Å². The number of rotatable bonds is 3. The summed E-state index contributed by atoms with van der Waals surface area (Å²) in [6, 6.07) is 0. The van der Waals surface area contributed by atoms with E-state index in [-0.39, 0.29) is 5.92 Å². The molecule has 0 saturated heterocycles. The minimum Gasteiger partial charge on any atom is -0.402 e. The third-order valence-corrected chi connectivity index (χ3v) is 1.61. The molecule has 0 spiro atoms. The Morgan fingerprint density at radius 2 is 1.64 bits per heavy atom. The Labute approximate surface area is 69.0 Å². The average Bonchev–Trinajstić information content (AvgIpc) is 1.87. The predicted molar refractivity (Wildman–Crippen MR) is 49.7 cm³/mol. The summed E-state index contributed by atoms with van der Waals surface area (Å²) in [7, 11) is 0. The number of nitrogens with two attached hydrogens (primary N) is 1. The van der Waals surface area contributed by atoms with Gasteiger partial charge in [-0.25, -0.2) is 0 Å². The number of hydrogen-bond donors (Lipinski definition) is 2. The van der Waals surface area contributed by atoms with Crippen molar-refractivity contribution in [1.29, 1.82) is 5.41 Å². The summed E-state index contributed by atoms with van der Waals surface area (Å²) in [6.07, 6.45) is 1.76. The highest BCUT2D eigenvalue weighted by atomic mass is 14.6. The summed E-state index contributed by atoms with van der Waals surface area (Å²) < 4.78 is 0. The normalized spacial score (nSPS) is 12.7. The van der Waals surface area contributed by atoms with Crippen molar-refractivity contribution in [3.63, 3.8) is 0 Å². The van der Waals surface area contributed by atoms with E-state index in [0.717, 1.165) is 5.70 Å². The molecular weight excluding hydrogens is 136 g/mol. The van der Waals surface area contributed by atoms with Crippen LogP contribution >= 0.6 is 0 Å². The van der Waals surface area contributed by atoms with Crippen molar-refractivity contribution >= 4 is 5.71 Å². The van der Waals surface area contributed by atoms with Crippen LogP contribution in [0.5, 0.6) is 0 Å². The van der Waals surface area contributed by atoms with Gasteiger partial charge in [0.2, 0.25) is 0 Å². The third kappa shape index (κ3) is 3.81. The minimum atomic E-state index is 0.271. The monoisotopic (exact) mass is 154 g/mol. The van der Waals surface area contributed by atoms with E-state index in [1.54, 1.807) is 6.08 Å². The van der Waals surface area contributed by atoms with Gasteiger partial charge in [0.05, 0.1) is 0 Å². The molecule has 0 aliphatic carbocycles. The summed E-state index contributed by atoms with van der Waals surface area (Å²) in [5.74, 6) is 0.612. The van der Waals surface area contributed by atoms with Gasteiger partial charge in [0.25, 0.3) is 0 Å². The molecule has 3 N–H and O–H groups in total. The Morgan fingerprint density at radius 1 is 1.18 bits per heavy atom. The van der Waals surface area contributed by atoms with E-state index in [4.69, 9.17) is 11.1 Å². The molecule has 0 aliphatic heterocycles. The highest BCUT2D eigenvalue weighted by Gasteiger charge is 2.02. The second-order valence-corrected chi connectivity index (χ2v) is 3.41. The second kappa shape index (κ2) is 4.16. The zero-order valence-corrected chi connectivity index (χ0v) is 7.81. The topological polar surface area (TPSA) is 49.9 Å². The highest BCUT2D eigenvalue weighted by Crippen LogP contribution is 2.05. The summed E-state index contributed by atoms with van der Waals surface area (Å²) in [4.78, 5) is 0. The van der Waals surface area contributed by atoms with Crippen LogP contribution in [0.3, 0.4) is 0 Å². The minimum absolute atomic E-state index is 0.271. The molecule has 2 nitrogen and oxygen atoms in total. The van der Waals surface area contributed by atoms with Crippen molar-refractivity contribution in [2.75, 3.05) is 0 Å². The molecule has 0 aromatic rings. The van der Waals surface area contributed by atoms with Gasteiger partial charge in [-0.3, -0.25) is 0 Å². The fraction of sp³-hybridized carbons (Fsp3) is 0.667. The molecule has 0 aromatic carbocycles. The molecule has 0 rings (SSSR count). The van der Waals surface area contributed by atoms with Crippen molar-refractivity contribution in [2.45, 2.75) is 27.7 Å². The Balaban J connectivity index is 4.20. The summed E-state index contributed by atoms with van der Waals surface area (Å²) in [5.41, 5.74) is 7.08. The van der Waals surface area contributed by atoms with Crippen LogP contribution in [0, 0.1) is 17.2 Å². The second-order valence-electron chi connectivity index (χ2n) is 3.41.